The van der Waals surface area contributed by atoms with Crippen molar-refractivity contribution in [3.8, 4) is 5.75 Å². The third kappa shape index (κ3) is 2.88. The highest BCUT2D eigenvalue weighted by molar-refractivity contribution is 8.27. The largest absolute Gasteiger partial charge is 0.497 e. The Bertz CT molecular complexity index is 760. The van der Waals surface area contributed by atoms with Crippen LogP contribution in [0.2, 0.25) is 0 Å². The number of methoxy groups -OCH3 is 1. The van der Waals surface area contributed by atoms with E-state index in [0.717, 1.165) is 5.56 Å². The highest BCUT2D eigenvalue weighted by Crippen LogP contribution is 2.36. The number of ether oxygens (including phenoxy) is 1. The molecular formula is C16H12N2O2S2. The molecule has 6 heteroatoms. The van der Waals surface area contributed by atoms with E-state index in [1.807, 2.05) is 30.3 Å². The maximum atomic E-state index is 12.6. The monoisotopic (exact) mass is 328 g/mol. The van der Waals surface area contributed by atoms with Crippen LogP contribution < -0.4 is 9.64 Å². The summed E-state index contributed by atoms with van der Waals surface area (Å²) in [4.78, 5) is 18.8. The highest BCUT2D eigenvalue weighted by atomic mass is 32.2. The Morgan fingerprint density at radius 1 is 1.32 bits per heavy atom. The molecule has 0 saturated carbocycles. The maximum Gasteiger partial charge on any atom is 0.270 e. The summed E-state index contributed by atoms with van der Waals surface area (Å²) in [5.74, 6) is 0.551. The Kier molecular flexibility index (Phi) is 4.22. The first kappa shape index (κ1) is 14.7. The molecule has 1 fully saturated rings. The smallest absolute Gasteiger partial charge is 0.270 e. The van der Waals surface area contributed by atoms with Crippen molar-refractivity contribution in [3.05, 3.63) is 59.3 Å². The number of carbonyl (C=O) groups excluding carboxylic acids is 1. The van der Waals surface area contributed by atoms with Crippen LogP contribution >= 0.6 is 24.0 Å². The summed E-state index contributed by atoms with van der Waals surface area (Å²) >= 11 is 6.63. The zero-order valence-corrected chi connectivity index (χ0v) is 13.4. The van der Waals surface area contributed by atoms with Crippen LogP contribution in [-0.2, 0) is 4.79 Å². The molecule has 0 bridgehead atoms. The lowest BCUT2D eigenvalue weighted by molar-refractivity contribution is -0.113. The number of pyridine rings is 1. The zero-order chi connectivity index (χ0) is 15.5. The molecule has 2 aromatic rings. The second kappa shape index (κ2) is 6.29. The Labute approximate surface area is 137 Å². The van der Waals surface area contributed by atoms with Crippen LogP contribution in [0.4, 0.5) is 5.69 Å². The predicted molar refractivity (Wildman–Crippen MR) is 92.9 cm³/mol. The van der Waals surface area contributed by atoms with Crippen LogP contribution in [0.5, 0.6) is 5.75 Å². The molecule has 0 N–H and O–H groups in total. The molecule has 1 amide bonds. The van der Waals surface area contributed by atoms with Crippen molar-refractivity contribution in [2.75, 3.05) is 12.0 Å². The lowest BCUT2D eigenvalue weighted by Gasteiger charge is -2.15. The minimum absolute atomic E-state index is 0.132. The molecule has 110 valence electrons. The minimum Gasteiger partial charge on any atom is -0.497 e. The number of thioether (sulfide) groups is 1. The van der Waals surface area contributed by atoms with Gasteiger partial charge in [-0.2, -0.15) is 0 Å². The molecule has 4 nitrogen and oxygen atoms in total. The lowest BCUT2D eigenvalue weighted by Crippen LogP contribution is -2.27. The Morgan fingerprint density at radius 3 is 2.91 bits per heavy atom. The number of hydrogen-bond acceptors (Lipinski definition) is 5. The van der Waals surface area contributed by atoms with E-state index in [9.17, 15) is 4.79 Å². The Hall–Kier alpha value is -2.18. The van der Waals surface area contributed by atoms with Crippen LogP contribution in [0.3, 0.4) is 0 Å². The van der Waals surface area contributed by atoms with Crippen molar-refractivity contribution in [3.63, 3.8) is 0 Å². The summed E-state index contributed by atoms with van der Waals surface area (Å²) < 4.78 is 5.70. The fourth-order valence-electron chi connectivity index (χ4n) is 2.05. The molecule has 0 radical (unpaired) electrons. The normalized spacial score (nSPS) is 16.4. The van der Waals surface area contributed by atoms with Gasteiger partial charge in [0, 0.05) is 18.5 Å². The van der Waals surface area contributed by atoms with Gasteiger partial charge in [0.15, 0.2) is 4.32 Å². The first-order valence-corrected chi connectivity index (χ1v) is 7.73. The third-order valence-corrected chi connectivity index (χ3v) is 4.39. The Balaban J connectivity index is 1.93. The van der Waals surface area contributed by atoms with Gasteiger partial charge in [-0.05, 0) is 29.8 Å². The first-order valence-electron chi connectivity index (χ1n) is 6.51. The number of amides is 1. The molecular weight excluding hydrogens is 316 g/mol. The van der Waals surface area contributed by atoms with Gasteiger partial charge in [-0.3, -0.25) is 14.7 Å². The minimum atomic E-state index is -0.132. The molecule has 0 aliphatic carbocycles. The number of aromatic nitrogens is 1. The number of carbonyl (C=O) groups is 1. The van der Waals surface area contributed by atoms with E-state index in [0.29, 0.717) is 20.7 Å². The van der Waals surface area contributed by atoms with Crippen molar-refractivity contribution >= 4 is 46.0 Å². The van der Waals surface area contributed by atoms with Gasteiger partial charge in [0.25, 0.3) is 5.91 Å². The van der Waals surface area contributed by atoms with E-state index in [1.54, 1.807) is 31.6 Å². The fourth-order valence-corrected chi connectivity index (χ4v) is 3.35. The van der Waals surface area contributed by atoms with Crippen LogP contribution in [-0.4, -0.2) is 22.3 Å². The maximum absolute atomic E-state index is 12.6. The number of hydrogen-bond donors (Lipinski definition) is 0. The second-order valence-electron chi connectivity index (χ2n) is 4.50. The van der Waals surface area contributed by atoms with E-state index in [4.69, 9.17) is 17.0 Å². The number of benzene rings is 1. The second-order valence-corrected chi connectivity index (χ2v) is 6.18. The van der Waals surface area contributed by atoms with Crippen molar-refractivity contribution in [1.82, 2.24) is 4.98 Å². The SMILES string of the molecule is COc1cccc(N2C(=O)/C(=C\c3cccnc3)SC2=S)c1. The molecule has 3 rings (SSSR count). The number of thiocarbonyl (C=S) groups is 1. The summed E-state index contributed by atoms with van der Waals surface area (Å²) in [7, 11) is 1.59. The topological polar surface area (TPSA) is 42.4 Å². The van der Waals surface area contributed by atoms with Crippen LogP contribution in [0.15, 0.2) is 53.7 Å². The summed E-state index contributed by atoms with van der Waals surface area (Å²) in [6.45, 7) is 0. The third-order valence-electron chi connectivity index (χ3n) is 3.09. The zero-order valence-electron chi connectivity index (χ0n) is 11.7. The van der Waals surface area contributed by atoms with Crippen molar-refractivity contribution in [1.29, 1.82) is 0 Å². The van der Waals surface area contributed by atoms with Crippen LogP contribution in [0.1, 0.15) is 5.56 Å². The molecule has 1 aromatic heterocycles. The van der Waals surface area contributed by atoms with E-state index >= 15 is 0 Å². The summed E-state index contributed by atoms with van der Waals surface area (Å²) in [5.41, 5.74) is 1.57. The van der Waals surface area contributed by atoms with Gasteiger partial charge >= 0.3 is 0 Å². The quantitative estimate of drug-likeness (QED) is 0.637. The van der Waals surface area contributed by atoms with Gasteiger partial charge in [-0.1, -0.05) is 36.1 Å². The molecule has 1 aliphatic rings. The van der Waals surface area contributed by atoms with Crippen LogP contribution in [0, 0.1) is 0 Å². The van der Waals surface area contributed by atoms with Crippen LogP contribution in [0.25, 0.3) is 6.08 Å². The number of anilines is 1. The van der Waals surface area contributed by atoms with Gasteiger partial charge in [0.2, 0.25) is 0 Å². The van der Waals surface area contributed by atoms with Gasteiger partial charge in [0.1, 0.15) is 5.75 Å². The molecule has 0 unspecified atom stereocenters. The first-order chi connectivity index (χ1) is 10.7. The lowest BCUT2D eigenvalue weighted by atomic mass is 10.2. The van der Waals surface area contributed by atoms with Gasteiger partial charge in [-0.15, -0.1) is 0 Å². The van der Waals surface area contributed by atoms with E-state index in [1.165, 1.54) is 16.7 Å². The van der Waals surface area contributed by atoms with Gasteiger partial charge < -0.3 is 4.74 Å². The predicted octanol–water partition coefficient (Wildman–Crippen LogP) is 3.50. The van der Waals surface area contributed by atoms with Gasteiger partial charge in [0.05, 0.1) is 17.7 Å². The molecule has 22 heavy (non-hydrogen) atoms. The van der Waals surface area contributed by atoms with E-state index < -0.39 is 0 Å². The highest BCUT2D eigenvalue weighted by Gasteiger charge is 2.33. The van der Waals surface area contributed by atoms with Gasteiger partial charge in [-0.25, -0.2) is 0 Å². The van der Waals surface area contributed by atoms with E-state index in [2.05, 4.69) is 4.98 Å². The molecule has 2 heterocycles. The van der Waals surface area contributed by atoms with E-state index in [-0.39, 0.29) is 5.91 Å². The molecule has 1 aliphatic heterocycles. The molecule has 1 saturated heterocycles. The molecule has 1 aromatic carbocycles. The van der Waals surface area contributed by atoms with Crippen molar-refractivity contribution < 1.29 is 9.53 Å². The number of nitrogens with zero attached hydrogens (tertiary/aromatic N) is 2. The fraction of sp³-hybridized carbons (Fsp3) is 0.0625. The summed E-state index contributed by atoms with van der Waals surface area (Å²) in [6, 6.07) is 11.0. The Morgan fingerprint density at radius 2 is 2.18 bits per heavy atom. The average molecular weight is 328 g/mol. The standard InChI is InChI=1S/C16H12N2O2S2/c1-20-13-6-2-5-12(9-13)18-15(19)14(22-16(18)21)8-11-4-3-7-17-10-11/h2-10H,1H3/b14-8+. The molecule has 0 atom stereocenters. The van der Waals surface area contributed by atoms with Crippen molar-refractivity contribution in [2.45, 2.75) is 0 Å². The molecule has 0 spiro atoms. The number of rotatable bonds is 3. The summed E-state index contributed by atoms with van der Waals surface area (Å²) in [5, 5.41) is 0. The summed E-state index contributed by atoms with van der Waals surface area (Å²) in [6.07, 6.45) is 5.20. The van der Waals surface area contributed by atoms with Crippen molar-refractivity contribution in [2.24, 2.45) is 0 Å². The average Bonchev–Trinajstić information content (AvgIpc) is 2.82.